The maximum atomic E-state index is 12.8. The van der Waals surface area contributed by atoms with Crippen molar-refractivity contribution >= 4 is 10.9 Å². The zero-order valence-electron chi connectivity index (χ0n) is 22.1. The highest BCUT2D eigenvalue weighted by Gasteiger charge is 2.43. The van der Waals surface area contributed by atoms with Crippen LogP contribution in [-0.4, -0.2) is 34.6 Å². The molecule has 0 aliphatic heterocycles. The molecule has 0 unspecified atom stereocenters. The minimum absolute atomic E-state index is 0.158. The summed E-state index contributed by atoms with van der Waals surface area (Å²) < 4.78 is 0. The Morgan fingerprint density at radius 3 is 1.91 bits per heavy atom. The van der Waals surface area contributed by atoms with Gasteiger partial charge in [-0.1, -0.05) is 98.6 Å². The van der Waals surface area contributed by atoms with Crippen LogP contribution in [-0.2, 0) is 12.0 Å². The molecule has 0 radical (unpaired) electrons. The number of hydrogen-bond donors (Lipinski definition) is 2. The molecule has 3 heteroatoms. The number of aliphatic hydroxyl groups is 1. The topological polar surface area (TPSA) is 39.3 Å². The number of aromatic amines is 1. The van der Waals surface area contributed by atoms with Crippen molar-refractivity contribution in [3.05, 3.63) is 107 Å². The first-order chi connectivity index (χ1) is 16.6. The van der Waals surface area contributed by atoms with E-state index in [0.29, 0.717) is 0 Å². The lowest BCUT2D eigenvalue weighted by Crippen LogP contribution is -2.52. The van der Waals surface area contributed by atoms with Gasteiger partial charge in [0.1, 0.15) is 5.60 Å². The number of nitrogens with zero attached hydrogens (tertiary/aromatic N) is 1. The lowest BCUT2D eigenvalue weighted by atomic mass is 9.76. The monoisotopic (exact) mass is 468 g/mol. The van der Waals surface area contributed by atoms with Crippen molar-refractivity contribution in [2.24, 2.45) is 5.41 Å². The average Bonchev–Trinajstić information content (AvgIpc) is 3.24. The predicted molar refractivity (Wildman–Crippen MR) is 148 cm³/mol. The van der Waals surface area contributed by atoms with E-state index in [1.165, 1.54) is 22.1 Å². The number of benzene rings is 3. The van der Waals surface area contributed by atoms with Crippen LogP contribution in [0.2, 0.25) is 0 Å². The van der Waals surface area contributed by atoms with Crippen molar-refractivity contribution in [1.82, 2.24) is 9.88 Å². The van der Waals surface area contributed by atoms with E-state index >= 15 is 0 Å². The molecule has 2 N–H and O–H groups in total. The SMILES string of the molecule is Cc1ccc(C(O)(c2ccc(C)cc2)[C@H](Cc2c[nH]c3ccccc23)N(C)CCC(C)(C)C)cc1. The van der Waals surface area contributed by atoms with Gasteiger partial charge in [0, 0.05) is 17.1 Å². The van der Waals surface area contributed by atoms with E-state index in [1.54, 1.807) is 0 Å². The molecule has 3 nitrogen and oxygen atoms in total. The number of nitrogens with one attached hydrogen (secondary N) is 1. The molecule has 0 bridgehead atoms. The number of H-pyrrole nitrogens is 1. The fourth-order valence-corrected chi connectivity index (χ4v) is 4.97. The van der Waals surface area contributed by atoms with Crippen molar-refractivity contribution < 1.29 is 5.11 Å². The summed E-state index contributed by atoms with van der Waals surface area (Å²) in [6.45, 7) is 11.9. The second-order valence-electron chi connectivity index (χ2n) is 11.4. The molecule has 0 saturated heterocycles. The number of aromatic nitrogens is 1. The van der Waals surface area contributed by atoms with E-state index in [1.807, 2.05) is 0 Å². The molecule has 1 atom stereocenters. The van der Waals surface area contributed by atoms with Gasteiger partial charge in [0.2, 0.25) is 0 Å². The number of fused-ring (bicyclic) bond motifs is 1. The third kappa shape index (κ3) is 5.52. The van der Waals surface area contributed by atoms with Gasteiger partial charge in [0.15, 0.2) is 0 Å². The quantitative estimate of drug-likeness (QED) is 0.292. The molecule has 4 rings (SSSR count). The Labute approximate surface area is 210 Å². The van der Waals surface area contributed by atoms with Gasteiger partial charge in [-0.2, -0.15) is 0 Å². The molecule has 0 spiro atoms. The first kappa shape index (κ1) is 25.2. The van der Waals surface area contributed by atoms with Gasteiger partial charge in [-0.3, -0.25) is 4.90 Å². The molecule has 1 heterocycles. The summed E-state index contributed by atoms with van der Waals surface area (Å²) in [5, 5.41) is 14.0. The van der Waals surface area contributed by atoms with Crippen LogP contribution in [0.15, 0.2) is 79.0 Å². The third-order valence-electron chi connectivity index (χ3n) is 7.30. The van der Waals surface area contributed by atoms with Gasteiger partial charge >= 0.3 is 0 Å². The molecule has 0 fully saturated rings. The Morgan fingerprint density at radius 1 is 0.829 bits per heavy atom. The van der Waals surface area contributed by atoms with Gasteiger partial charge < -0.3 is 10.1 Å². The van der Waals surface area contributed by atoms with Crippen LogP contribution < -0.4 is 0 Å². The standard InChI is InChI=1S/C32H40N2O/c1-23-11-15-26(16-12-23)32(35,27-17-13-24(2)14-18-27)30(34(6)20-19-31(3,4)5)21-25-22-33-29-10-8-7-9-28(25)29/h7-18,22,30,33,35H,19-21H2,1-6H3/t30-/m0/s1. The fourth-order valence-electron chi connectivity index (χ4n) is 4.97. The molecule has 0 amide bonds. The summed E-state index contributed by atoms with van der Waals surface area (Å²) in [6, 6.07) is 25.1. The first-order valence-electron chi connectivity index (χ1n) is 12.7. The highest BCUT2D eigenvalue weighted by Crippen LogP contribution is 2.38. The van der Waals surface area contributed by atoms with E-state index in [2.05, 4.69) is 131 Å². The lowest BCUT2D eigenvalue weighted by molar-refractivity contribution is -0.0145. The van der Waals surface area contributed by atoms with Crippen molar-refractivity contribution in [2.45, 2.75) is 59.1 Å². The summed E-state index contributed by atoms with van der Waals surface area (Å²) in [5.41, 5.74) is 5.64. The van der Waals surface area contributed by atoms with Crippen molar-refractivity contribution in [3.63, 3.8) is 0 Å². The van der Waals surface area contributed by atoms with Crippen molar-refractivity contribution in [3.8, 4) is 0 Å². The predicted octanol–water partition coefficient (Wildman–Crippen LogP) is 7.00. The molecule has 0 aliphatic rings. The largest absolute Gasteiger partial charge is 0.379 e. The first-order valence-corrected chi connectivity index (χ1v) is 12.7. The Hall–Kier alpha value is -2.88. The highest BCUT2D eigenvalue weighted by molar-refractivity contribution is 5.83. The van der Waals surface area contributed by atoms with Crippen LogP contribution in [0, 0.1) is 19.3 Å². The Kier molecular flexibility index (Phi) is 7.21. The van der Waals surface area contributed by atoms with Crippen LogP contribution in [0.5, 0.6) is 0 Å². The van der Waals surface area contributed by atoms with Gasteiger partial charge in [-0.15, -0.1) is 0 Å². The van der Waals surface area contributed by atoms with Gasteiger partial charge in [-0.05, 0) is 68.5 Å². The summed E-state index contributed by atoms with van der Waals surface area (Å²) in [7, 11) is 2.17. The Morgan fingerprint density at radius 2 is 1.37 bits per heavy atom. The van der Waals surface area contributed by atoms with E-state index in [4.69, 9.17) is 0 Å². The minimum atomic E-state index is -1.17. The molecular formula is C32H40N2O. The minimum Gasteiger partial charge on any atom is -0.379 e. The summed E-state index contributed by atoms with van der Waals surface area (Å²) in [5.74, 6) is 0. The lowest BCUT2D eigenvalue weighted by Gasteiger charge is -2.43. The zero-order valence-corrected chi connectivity index (χ0v) is 22.1. The maximum Gasteiger partial charge on any atom is 0.130 e. The molecule has 0 saturated carbocycles. The molecular weight excluding hydrogens is 428 g/mol. The number of rotatable bonds is 8. The fraction of sp³-hybridized carbons (Fsp3) is 0.375. The second kappa shape index (κ2) is 10.0. The van der Waals surface area contributed by atoms with E-state index in [0.717, 1.165) is 36.0 Å². The van der Waals surface area contributed by atoms with Crippen molar-refractivity contribution in [1.29, 1.82) is 0 Å². The van der Waals surface area contributed by atoms with Crippen LogP contribution in [0.25, 0.3) is 10.9 Å². The normalized spacial score (nSPS) is 13.5. The van der Waals surface area contributed by atoms with Crippen molar-refractivity contribution in [2.75, 3.05) is 13.6 Å². The van der Waals surface area contributed by atoms with Crippen LogP contribution in [0.1, 0.15) is 55.0 Å². The van der Waals surface area contributed by atoms with E-state index in [-0.39, 0.29) is 11.5 Å². The number of para-hydroxylation sites is 1. The van der Waals surface area contributed by atoms with Crippen LogP contribution in [0.3, 0.4) is 0 Å². The number of hydrogen-bond acceptors (Lipinski definition) is 2. The van der Waals surface area contributed by atoms with Crippen LogP contribution >= 0.6 is 0 Å². The second-order valence-corrected chi connectivity index (χ2v) is 11.4. The summed E-state index contributed by atoms with van der Waals surface area (Å²) in [6.07, 6.45) is 3.88. The molecule has 0 aliphatic carbocycles. The average molecular weight is 469 g/mol. The maximum absolute atomic E-state index is 12.8. The molecule has 184 valence electrons. The van der Waals surface area contributed by atoms with E-state index < -0.39 is 5.60 Å². The Bertz CT molecular complexity index is 1200. The number of aryl methyl sites for hydroxylation is 2. The van der Waals surface area contributed by atoms with Crippen LogP contribution in [0.4, 0.5) is 0 Å². The summed E-state index contributed by atoms with van der Waals surface area (Å²) in [4.78, 5) is 5.80. The molecule has 35 heavy (non-hydrogen) atoms. The Balaban J connectivity index is 1.86. The van der Waals surface area contributed by atoms with Gasteiger partial charge in [-0.25, -0.2) is 0 Å². The number of likely N-dealkylation sites (N-methyl/N-ethyl adjacent to an activating group) is 1. The molecule has 1 aromatic heterocycles. The highest BCUT2D eigenvalue weighted by atomic mass is 16.3. The van der Waals surface area contributed by atoms with Gasteiger partial charge in [0.25, 0.3) is 0 Å². The van der Waals surface area contributed by atoms with Gasteiger partial charge in [0.05, 0.1) is 6.04 Å². The zero-order chi connectivity index (χ0) is 25.2. The molecule has 4 aromatic rings. The smallest absolute Gasteiger partial charge is 0.130 e. The third-order valence-corrected chi connectivity index (χ3v) is 7.30. The van der Waals surface area contributed by atoms with E-state index in [9.17, 15) is 5.11 Å². The summed E-state index contributed by atoms with van der Waals surface area (Å²) >= 11 is 0. The molecule has 3 aromatic carbocycles.